The molecule has 2 aromatic heterocycles. The molecular weight excluding hydrogens is 363 g/mol. The van der Waals surface area contributed by atoms with Gasteiger partial charge < -0.3 is 10.4 Å². The van der Waals surface area contributed by atoms with Gasteiger partial charge in [-0.2, -0.15) is 8.70 Å². The lowest BCUT2D eigenvalue weighted by molar-refractivity contribution is 0.0950. The molecule has 3 rings (SSSR count). The fraction of sp³-hybridized carbons (Fsp3) is 0.667. The minimum atomic E-state index is -3.34. The van der Waals surface area contributed by atoms with Gasteiger partial charge in [0, 0.05) is 19.5 Å². The maximum Gasteiger partial charge on any atom is 0.242 e. The highest BCUT2D eigenvalue weighted by molar-refractivity contribution is 7.88. The number of imidazole rings is 1. The zero-order chi connectivity index (χ0) is 19.1. The molecule has 0 aliphatic carbocycles. The zero-order valence-electron chi connectivity index (χ0n) is 14.9. The minimum absolute atomic E-state index is 0.0110. The van der Waals surface area contributed by atoms with Crippen LogP contribution in [0.4, 0.5) is 10.3 Å². The Bertz CT molecular complexity index is 900. The van der Waals surface area contributed by atoms with Crippen molar-refractivity contribution >= 4 is 21.5 Å². The first-order valence-electron chi connectivity index (χ1n) is 8.45. The van der Waals surface area contributed by atoms with Crippen molar-refractivity contribution in [3.05, 3.63) is 18.0 Å². The fourth-order valence-corrected chi connectivity index (χ4v) is 3.87. The highest BCUT2D eigenvalue weighted by atomic mass is 32.2. The van der Waals surface area contributed by atoms with Gasteiger partial charge in [0.15, 0.2) is 0 Å². The second-order valence-electron chi connectivity index (χ2n) is 7.02. The monoisotopic (exact) mass is 386 g/mol. The van der Waals surface area contributed by atoms with Gasteiger partial charge in [-0.05, 0) is 12.3 Å². The molecule has 2 N–H and O–H groups in total. The third-order valence-corrected chi connectivity index (χ3v) is 5.60. The van der Waals surface area contributed by atoms with Gasteiger partial charge in [0.05, 0.1) is 24.6 Å². The Kier molecular flexibility index (Phi) is 5.13. The standard InChI is InChI=1S/C15H23FN6O3S/c1-9(2)6-13-19-14(16)11-7-17-15(20-22(11)13)18-10-4-5-21(8-12(10)23)26(3,24)25/h7,9-10,12,23H,4-6,8H2,1-3H3,(H,18,20)/t10-,12-/m1/s1. The van der Waals surface area contributed by atoms with Gasteiger partial charge in [-0.1, -0.05) is 13.8 Å². The Morgan fingerprint density at radius 3 is 2.81 bits per heavy atom. The molecule has 0 spiro atoms. The van der Waals surface area contributed by atoms with E-state index in [-0.39, 0.29) is 23.9 Å². The number of nitrogens with one attached hydrogen (secondary N) is 1. The van der Waals surface area contributed by atoms with Crippen LogP contribution in [0.2, 0.25) is 0 Å². The van der Waals surface area contributed by atoms with Crippen LogP contribution in [-0.2, 0) is 16.4 Å². The number of sulfonamides is 1. The summed E-state index contributed by atoms with van der Waals surface area (Å²) in [4.78, 5) is 8.00. The molecular formula is C15H23FN6O3S. The lowest BCUT2D eigenvalue weighted by atomic mass is 10.0. The highest BCUT2D eigenvalue weighted by Gasteiger charge is 2.32. The number of aromatic nitrogens is 4. The predicted molar refractivity (Wildman–Crippen MR) is 93.7 cm³/mol. The van der Waals surface area contributed by atoms with Crippen molar-refractivity contribution in [2.24, 2.45) is 5.92 Å². The summed E-state index contributed by atoms with van der Waals surface area (Å²) in [5.41, 5.74) is 0.193. The molecule has 1 saturated heterocycles. The molecule has 0 amide bonds. The SMILES string of the molecule is CC(C)Cc1nc(F)c2cnc(N[C@@H]3CCN(S(C)(=O)=O)C[C@H]3O)nn12. The van der Waals surface area contributed by atoms with E-state index in [0.717, 1.165) is 6.26 Å². The summed E-state index contributed by atoms with van der Waals surface area (Å²) in [7, 11) is -3.34. The van der Waals surface area contributed by atoms with E-state index in [0.29, 0.717) is 25.2 Å². The molecule has 1 aliphatic heterocycles. The van der Waals surface area contributed by atoms with Crippen LogP contribution in [0.15, 0.2) is 6.20 Å². The lowest BCUT2D eigenvalue weighted by Crippen LogP contribution is -2.51. The van der Waals surface area contributed by atoms with Crippen molar-refractivity contribution < 1.29 is 17.9 Å². The number of hydrogen-bond acceptors (Lipinski definition) is 7. The molecule has 0 aromatic carbocycles. The maximum absolute atomic E-state index is 13.9. The molecule has 0 bridgehead atoms. The minimum Gasteiger partial charge on any atom is -0.390 e. The van der Waals surface area contributed by atoms with Crippen LogP contribution < -0.4 is 5.32 Å². The number of β-amino-alcohol motifs (C(OH)–C–C–N with tert-alkyl or cyclic N) is 1. The number of fused-ring (bicyclic) bond motifs is 1. The van der Waals surface area contributed by atoms with Gasteiger partial charge in [-0.15, -0.1) is 5.10 Å². The average molecular weight is 386 g/mol. The van der Waals surface area contributed by atoms with Gasteiger partial charge in [0.1, 0.15) is 11.3 Å². The predicted octanol–water partition coefficient (Wildman–Crippen LogP) is 0.269. The van der Waals surface area contributed by atoms with Gasteiger partial charge >= 0.3 is 0 Å². The van der Waals surface area contributed by atoms with E-state index in [1.807, 2.05) is 13.8 Å². The molecule has 0 saturated carbocycles. The van der Waals surface area contributed by atoms with Crippen LogP contribution in [-0.4, -0.2) is 68.9 Å². The summed E-state index contributed by atoms with van der Waals surface area (Å²) in [5, 5.41) is 17.6. The second-order valence-corrected chi connectivity index (χ2v) is 9.01. The summed E-state index contributed by atoms with van der Waals surface area (Å²) in [6.45, 7) is 4.32. The molecule has 26 heavy (non-hydrogen) atoms. The number of hydrogen-bond donors (Lipinski definition) is 2. The van der Waals surface area contributed by atoms with Crippen LogP contribution in [0.3, 0.4) is 0 Å². The van der Waals surface area contributed by atoms with Gasteiger partial charge in [-0.3, -0.25) is 0 Å². The third kappa shape index (κ3) is 3.94. The average Bonchev–Trinajstić information content (AvgIpc) is 2.83. The summed E-state index contributed by atoms with van der Waals surface area (Å²) in [6, 6.07) is -0.396. The van der Waals surface area contributed by atoms with E-state index in [1.165, 1.54) is 15.0 Å². The number of aliphatic hydroxyl groups excluding tert-OH is 1. The number of anilines is 1. The number of piperidine rings is 1. The molecule has 3 heterocycles. The van der Waals surface area contributed by atoms with E-state index in [4.69, 9.17) is 0 Å². The summed E-state index contributed by atoms with van der Waals surface area (Å²) >= 11 is 0. The van der Waals surface area contributed by atoms with E-state index >= 15 is 0 Å². The van der Waals surface area contributed by atoms with E-state index in [2.05, 4.69) is 20.4 Å². The largest absolute Gasteiger partial charge is 0.390 e. The van der Waals surface area contributed by atoms with Crippen LogP contribution in [0.1, 0.15) is 26.1 Å². The summed E-state index contributed by atoms with van der Waals surface area (Å²) in [6.07, 6.45) is 2.55. The van der Waals surface area contributed by atoms with Crippen molar-refractivity contribution in [1.29, 1.82) is 0 Å². The smallest absolute Gasteiger partial charge is 0.242 e. The van der Waals surface area contributed by atoms with E-state index in [9.17, 15) is 17.9 Å². The van der Waals surface area contributed by atoms with Gasteiger partial charge in [-0.25, -0.2) is 22.9 Å². The zero-order valence-corrected chi connectivity index (χ0v) is 15.7. The first-order chi connectivity index (χ1) is 12.1. The molecule has 1 fully saturated rings. The van der Waals surface area contributed by atoms with Crippen LogP contribution in [0.25, 0.3) is 5.52 Å². The third-order valence-electron chi connectivity index (χ3n) is 4.33. The van der Waals surface area contributed by atoms with Gasteiger partial charge in [0.25, 0.3) is 0 Å². The number of nitrogens with zero attached hydrogens (tertiary/aromatic N) is 5. The van der Waals surface area contributed by atoms with Crippen LogP contribution in [0, 0.1) is 11.9 Å². The fourth-order valence-electron chi connectivity index (χ4n) is 3.01. The van der Waals surface area contributed by atoms with Crippen molar-refractivity contribution in [3.8, 4) is 0 Å². The molecule has 0 unspecified atom stereocenters. The molecule has 2 atom stereocenters. The molecule has 9 nitrogen and oxygen atoms in total. The highest BCUT2D eigenvalue weighted by Crippen LogP contribution is 2.18. The second kappa shape index (κ2) is 7.05. The van der Waals surface area contributed by atoms with Gasteiger partial charge in [0.2, 0.25) is 21.9 Å². The van der Waals surface area contributed by atoms with Crippen molar-refractivity contribution in [2.45, 2.75) is 38.8 Å². The molecule has 11 heteroatoms. The van der Waals surface area contributed by atoms with E-state index in [1.54, 1.807) is 0 Å². The number of aliphatic hydroxyl groups is 1. The first-order valence-corrected chi connectivity index (χ1v) is 10.3. The Hall–Kier alpha value is -1.85. The maximum atomic E-state index is 13.9. The Labute approximate surface area is 151 Å². The molecule has 1 aliphatic rings. The molecule has 2 aromatic rings. The Morgan fingerprint density at radius 2 is 2.19 bits per heavy atom. The Balaban J connectivity index is 1.79. The van der Waals surface area contributed by atoms with Crippen LogP contribution >= 0.6 is 0 Å². The molecule has 144 valence electrons. The number of halogens is 1. The Morgan fingerprint density at radius 1 is 1.46 bits per heavy atom. The van der Waals surface area contributed by atoms with Crippen molar-refractivity contribution in [2.75, 3.05) is 24.7 Å². The normalized spacial score (nSPS) is 22.2. The van der Waals surface area contributed by atoms with E-state index < -0.39 is 28.1 Å². The van der Waals surface area contributed by atoms with Crippen molar-refractivity contribution in [1.82, 2.24) is 23.9 Å². The lowest BCUT2D eigenvalue weighted by Gasteiger charge is -2.34. The number of rotatable bonds is 5. The topological polar surface area (TPSA) is 113 Å². The summed E-state index contributed by atoms with van der Waals surface area (Å²) in [5.74, 6) is 0.407. The quantitative estimate of drug-likeness (QED) is 0.758. The molecule has 0 radical (unpaired) electrons. The van der Waals surface area contributed by atoms with Crippen molar-refractivity contribution in [3.63, 3.8) is 0 Å². The van der Waals surface area contributed by atoms with Crippen LogP contribution in [0.5, 0.6) is 0 Å². The first kappa shape index (κ1) is 18.9. The summed E-state index contributed by atoms with van der Waals surface area (Å²) < 4.78 is 39.8.